The summed E-state index contributed by atoms with van der Waals surface area (Å²) in [4.78, 5) is 13.4. The number of carbonyl (C=O) groups is 1. The summed E-state index contributed by atoms with van der Waals surface area (Å²) in [6, 6.07) is 1.91. The maximum atomic E-state index is 12.2. The van der Waals surface area contributed by atoms with Gasteiger partial charge in [-0.1, -0.05) is 13.8 Å². The Morgan fingerprint density at radius 3 is 2.84 bits per heavy atom. The highest BCUT2D eigenvalue weighted by molar-refractivity contribution is 7.21. The molecule has 2 aromatic heterocycles. The van der Waals surface area contributed by atoms with Gasteiger partial charge in [0.2, 0.25) is 0 Å². The van der Waals surface area contributed by atoms with Gasteiger partial charge in [0.15, 0.2) is 0 Å². The predicted molar refractivity (Wildman–Crippen MR) is 78.2 cm³/mol. The molecule has 0 bridgehead atoms. The quantitative estimate of drug-likeness (QED) is 0.900. The number of rotatable bonds is 4. The standard InChI is InChI=1S/C13H18N4OS/c1-7(2)6-8(3)16-12(18)11-10(14)9-4-5-15-17-13(9)19-11/h4-5,7-8H,6,14H2,1-3H3,(H,16,18). The Labute approximate surface area is 116 Å². The highest BCUT2D eigenvalue weighted by Crippen LogP contribution is 2.31. The molecular weight excluding hydrogens is 260 g/mol. The first-order chi connectivity index (χ1) is 8.99. The van der Waals surface area contributed by atoms with E-state index in [4.69, 9.17) is 5.73 Å². The zero-order valence-corrected chi connectivity index (χ0v) is 12.1. The molecule has 102 valence electrons. The van der Waals surface area contributed by atoms with Crippen LogP contribution in [0.4, 0.5) is 5.69 Å². The topological polar surface area (TPSA) is 80.9 Å². The number of fused-ring (bicyclic) bond motifs is 1. The van der Waals surface area contributed by atoms with E-state index in [0.29, 0.717) is 21.3 Å². The Balaban J connectivity index is 2.20. The summed E-state index contributed by atoms with van der Waals surface area (Å²) in [7, 11) is 0. The molecule has 5 nitrogen and oxygen atoms in total. The maximum absolute atomic E-state index is 12.2. The van der Waals surface area contributed by atoms with Crippen molar-refractivity contribution >= 4 is 33.1 Å². The van der Waals surface area contributed by atoms with Gasteiger partial charge in [-0.25, -0.2) is 0 Å². The van der Waals surface area contributed by atoms with Crippen molar-refractivity contribution in [3.8, 4) is 0 Å². The second kappa shape index (κ2) is 5.52. The van der Waals surface area contributed by atoms with Crippen LogP contribution >= 0.6 is 11.3 Å². The normalized spacial score (nSPS) is 12.8. The number of thiophene rings is 1. The molecule has 0 aromatic carbocycles. The molecule has 0 saturated carbocycles. The van der Waals surface area contributed by atoms with Gasteiger partial charge >= 0.3 is 0 Å². The lowest BCUT2D eigenvalue weighted by molar-refractivity contribution is 0.0941. The minimum atomic E-state index is -0.131. The predicted octanol–water partition coefficient (Wildman–Crippen LogP) is 2.44. The third-order valence-corrected chi connectivity index (χ3v) is 3.93. The average Bonchev–Trinajstić information content (AvgIpc) is 2.66. The van der Waals surface area contributed by atoms with Gasteiger partial charge < -0.3 is 11.1 Å². The van der Waals surface area contributed by atoms with E-state index in [0.717, 1.165) is 11.8 Å². The number of nitrogens with one attached hydrogen (secondary N) is 1. The van der Waals surface area contributed by atoms with Gasteiger partial charge in [0.25, 0.3) is 5.91 Å². The first kappa shape index (κ1) is 13.7. The molecule has 2 rings (SSSR count). The zero-order chi connectivity index (χ0) is 14.0. The number of nitrogen functional groups attached to an aromatic ring is 1. The van der Waals surface area contributed by atoms with Crippen LogP contribution in [-0.4, -0.2) is 22.1 Å². The second-order valence-electron chi connectivity index (χ2n) is 5.10. The van der Waals surface area contributed by atoms with E-state index in [-0.39, 0.29) is 11.9 Å². The summed E-state index contributed by atoms with van der Waals surface area (Å²) in [5, 5.41) is 11.5. The van der Waals surface area contributed by atoms with Crippen molar-refractivity contribution in [3.63, 3.8) is 0 Å². The van der Waals surface area contributed by atoms with Crippen molar-refractivity contribution in [3.05, 3.63) is 17.1 Å². The molecule has 0 aliphatic carbocycles. The minimum Gasteiger partial charge on any atom is -0.397 e. The van der Waals surface area contributed by atoms with E-state index in [9.17, 15) is 4.79 Å². The van der Waals surface area contributed by atoms with Crippen molar-refractivity contribution in [2.45, 2.75) is 33.2 Å². The summed E-state index contributed by atoms with van der Waals surface area (Å²) >= 11 is 1.28. The molecule has 3 N–H and O–H groups in total. The monoisotopic (exact) mass is 278 g/mol. The number of carbonyl (C=O) groups excluding carboxylic acids is 1. The number of anilines is 1. The van der Waals surface area contributed by atoms with Crippen molar-refractivity contribution in [2.75, 3.05) is 5.73 Å². The first-order valence-electron chi connectivity index (χ1n) is 6.29. The molecule has 0 radical (unpaired) electrons. The van der Waals surface area contributed by atoms with E-state index < -0.39 is 0 Å². The highest BCUT2D eigenvalue weighted by atomic mass is 32.1. The third kappa shape index (κ3) is 3.01. The summed E-state index contributed by atoms with van der Waals surface area (Å²) in [5.74, 6) is 0.412. The second-order valence-corrected chi connectivity index (χ2v) is 6.10. The van der Waals surface area contributed by atoms with E-state index in [1.54, 1.807) is 12.3 Å². The van der Waals surface area contributed by atoms with Crippen molar-refractivity contribution in [2.24, 2.45) is 5.92 Å². The SMILES string of the molecule is CC(C)CC(C)NC(=O)c1sc2nnccc2c1N. The van der Waals surface area contributed by atoms with Crippen molar-refractivity contribution in [1.29, 1.82) is 0 Å². The molecule has 0 aliphatic rings. The molecule has 1 atom stereocenters. The molecule has 2 heterocycles. The largest absolute Gasteiger partial charge is 0.397 e. The molecule has 19 heavy (non-hydrogen) atoms. The Hall–Kier alpha value is -1.69. The number of aromatic nitrogens is 2. The molecule has 2 aromatic rings. The van der Waals surface area contributed by atoms with E-state index in [1.165, 1.54) is 11.3 Å². The smallest absolute Gasteiger partial charge is 0.263 e. The highest BCUT2D eigenvalue weighted by Gasteiger charge is 2.18. The fourth-order valence-corrected chi connectivity index (χ4v) is 3.04. The zero-order valence-electron chi connectivity index (χ0n) is 11.3. The van der Waals surface area contributed by atoms with Crippen LogP contribution in [-0.2, 0) is 0 Å². The number of amides is 1. The van der Waals surface area contributed by atoms with Crippen LogP contribution < -0.4 is 11.1 Å². The lowest BCUT2D eigenvalue weighted by Crippen LogP contribution is -2.33. The van der Waals surface area contributed by atoms with Crippen LogP contribution in [0.25, 0.3) is 10.2 Å². The van der Waals surface area contributed by atoms with Crippen LogP contribution in [0, 0.1) is 5.92 Å². The van der Waals surface area contributed by atoms with Gasteiger partial charge in [0.05, 0.1) is 11.9 Å². The summed E-state index contributed by atoms with van der Waals surface area (Å²) in [5.41, 5.74) is 6.49. The van der Waals surface area contributed by atoms with Gasteiger partial charge in [0, 0.05) is 11.4 Å². The Morgan fingerprint density at radius 1 is 1.47 bits per heavy atom. The summed E-state index contributed by atoms with van der Waals surface area (Å²) in [6.07, 6.45) is 2.52. The van der Waals surface area contributed by atoms with Crippen LogP contribution in [0.2, 0.25) is 0 Å². The molecule has 1 amide bonds. The van der Waals surface area contributed by atoms with Gasteiger partial charge in [-0.05, 0) is 25.3 Å². The number of hydrogen-bond acceptors (Lipinski definition) is 5. The minimum absolute atomic E-state index is 0.128. The summed E-state index contributed by atoms with van der Waals surface area (Å²) in [6.45, 7) is 6.26. The lowest BCUT2D eigenvalue weighted by Gasteiger charge is -2.15. The molecule has 0 fully saturated rings. The number of nitrogens with zero attached hydrogens (tertiary/aromatic N) is 2. The third-order valence-electron chi connectivity index (χ3n) is 2.83. The van der Waals surface area contributed by atoms with Crippen molar-refractivity contribution in [1.82, 2.24) is 15.5 Å². The van der Waals surface area contributed by atoms with Crippen LogP contribution in [0.1, 0.15) is 36.9 Å². The fourth-order valence-electron chi connectivity index (χ4n) is 2.10. The maximum Gasteiger partial charge on any atom is 0.263 e. The van der Waals surface area contributed by atoms with Gasteiger partial charge in [-0.2, -0.15) is 5.10 Å². The van der Waals surface area contributed by atoms with E-state index >= 15 is 0 Å². The molecular formula is C13H18N4OS. The van der Waals surface area contributed by atoms with Crippen LogP contribution in [0.15, 0.2) is 12.3 Å². The average molecular weight is 278 g/mol. The van der Waals surface area contributed by atoms with E-state index in [1.807, 2.05) is 6.92 Å². The number of nitrogens with two attached hydrogens (primary N) is 1. The van der Waals surface area contributed by atoms with Crippen molar-refractivity contribution < 1.29 is 4.79 Å². The Morgan fingerprint density at radius 2 is 2.21 bits per heavy atom. The Kier molecular flexibility index (Phi) is 3.99. The van der Waals surface area contributed by atoms with Crippen LogP contribution in [0.3, 0.4) is 0 Å². The molecule has 0 spiro atoms. The number of hydrogen-bond donors (Lipinski definition) is 2. The fraction of sp³-hybridized carbons (Fsp3) is 0.462. The first-order valence-corrected chi connectivity index (χ1v) is 7.11. The molecule has 1 unspecified atom stereocenters. The van der Waals surface area contributed by atoms with Gasteiger partial charge in [-0.15, -0.1) is 16.4 Å². The van der Waals surface area contributed by atoms with E-state index in [2.05, 4.69) is 29.4 Å². The van der Waals surface area contributed by atoms with Gasteiger partial charge in [0.1, 0.15) is 9.71 Å². The van der Waals surface area contributed by atoms with Gasteiger partial charge in [-0.3, -0.25) is 4.79 Å². The Bertz CT molecular complexity index is 593. The van der Waals surface area contributed by atoms with Crippen LogP contribution in [0.5, 0.6) is 0 Å². The molecule has 0 saturated heterocycles. The molecule has 0 aliphatic heterocycles. The summed E-state index contributed by atoms with van der Waals surface area (Å²) < 4.78 is 0. The lowest BCUT2D eigenvalue weighted by atomic mass is 10.1. The molecule has 6 heteroatoms.